The number of amides is 1. The first-order chi connectivity index (χ1) is 19.7. The van der Waals surface area contributed by atoms with Crippen LogP contribution in [0.4, 0.5) is 4.39 Å². The number of aliphatic hydroxyl groups is 3. The predicted molar refractivity (Wildman–Crippen MR) is 149 cm³/mol. The van der Waals surface area contributed by atoms with E-state index in [1.807, 2.05) is 0 Å². The van der Waals surface area contributed by atoms with Gasteiger partial charge in [-0.1, -0.05) is 12.1 Å². The molecule has 10 nitrogen and oxygen atoms in total. The first-order valence-electron chi connectivity index (χ1n) is 13.5. The molecule has 2 aromatic rings. The van der Waals surface area contributed by atoms with Gasteiger partial charge < -0.3 is 31.0 Å². The van der Waals surface area contributed by atoms with E-state index < -0.39 is 63.9 Å². The second-order valence-corrected chi connectivity index (χ2v) is 11.5. The van der Waals surface area contributed by atoms with Crippen molar-refractivity contribution in [2.75, 3.05) is 14.1 Å². The Morgan fingerprint density at radius 1 is 1.12 bits per heavy atom. The van der Waals surface area contributed by atoms with Crippen molar-refractivity contribution < 1.29 is 44.0 Å². The van der Waals surface area contributed by atoms with Crippen LogP contribution in [0.15, 0.2) is 47.2 Å². The van der Waals surface area contributed by atoms with Gasteiger partial charge in [0.05, 0.1) is 11.6 Å². The molecule has 0 spiro atoms. The first kappa shape index (κ1) is 29.2. The summed E-state index contributed by atoms with van der Waals surface area (Å²) in [5.74, 6) is -7.96. The highest BCUT2D eigenvalue weighted by atomic mass is 19.1. The molecule has 42 heavy (non-hydrogen) atoms. The SMILES string of the molecule is CC(=O)CCc1cc(-c2ccc(F)cc2)c2c(c1O)C(O)=C1C(=O)C3(O)C(O)=C(C(N)=O)C(=O)C(N(C)C)C3CC1C2. The van der Waals surface area contributed by atoms with E-state index in [1.165, 1.54) is 50.2 Å². The Hall–Kier alpha value is -4.35. The molecule has 11 heteroatoms. The average Bonchev–Trinajstić information content (AvgIpc) is 2.90. The zero-order valence-electron chi connectivity index (χ0n) is 23.3. The number of ketones is 3. The van der Waals surface area contributed by atoms with Crippen molar-refractivity contribution >= 4 is 29.0 Å². The number of aryl methyl sites for hydroxylation is 1. The third-order valence-corrected chi connectivity index (χ3v) is 8.70. The van der Waals surface area contributed by atoms with Gasteiger partial charge in [0.15, 0.2) is 11.4 Å². The maximum Gasteiger partial charge on any atom is 0.255 e. The van der Waals surface area contributed by atoms with Gasteiger partial charge in [-0.05, 0) is 86.7 Å². The minimum absolute atomic E-state index is 0.0541. The second-order valence-electron chi connectivity index (χ2n) is 11.5. The van der Waals surface area contributed by atoms with Gasteiger partial charge in [-0.25, -0.2) is 4.39 Å². The number of phenolic OH excluding ortho intramolecular Hbond substituents is 1. The van der Waals surface area contributed by atoms with Crippen molar-refractivity contribution in [2.24, 2.45) is 17.6 Å². The van der Waals surface area contributed by atoms with Gasteiger partial charge in [-0.3, -0.25) is 19.3 Å². The number of carbonyl (C=O) groups excluding carboxylic acids is 4. The molecule has 1 fully saturated rings. The fourth-order valence-corrected chi connectivity index (χ4v) is 6.76. The number of nitrogens with zero attached hydrogens (tertiary/aromatic N) is 1. The zero-order valence-corrected chi connectivity index (χ0v) is 23.3. The van der Waals surface area contributed by atoms with Crippen LogP contribution in [-0.2, 0) is 32.0 Å². The number of hydrogen-bond acceptors (Lipinski definition) is 9. The number of hydrogen-bond donors (Lipinski definition) is 5. The van der Waals surface area contributed by atoms with Gasteiger partial charge in [0, 0.05) is 17.9 Å². The average molecular weight is 579 g/mol. The molecule has 4 unspecified atom stereocenters. The number of likely N-dealkylation sites (N-methyl/N-ethyl adjacent to an activating group) is 1. The quantitative estimate of drug-likeness (QED) is 0.322. The van der Waals surface area contributed by atoms with Crippen LogP contribution in [0.25, 0.3) is 16.9 Å². The number of Topliss-reactive ketones (excluding diaryl/α,β-unsaturated/α-hetero) is 3. The van der Waals surface area contributed by atoms with Crippen LogP contribution in [0.5, 0.6) is 5.75 Å². The lowest BCUT2D eigenvalue weighted by molar-refractivity contribution is -0.153. The number of nitrogens with two attached hydrogens (primary N) is 1. The van der Waals surface area contributed by atoms with Crippen LogP contribution >= 0.6 is 0 Å². The highest BCUT2D eigenvalue weighted by molar-refractivity contribution is 6.24. The number of fused-ring (bicyclic) bond motifs is 3. The maximum absolute atomic E-state index is 14.1. The third kappa shape index (κ3) is 4.23. The van der Waals surface area contributed by atoms with E-state index in [9.17, 15) is 44.0 Å². The molecule has 2 aromatic carbocycles. The van der Waals surface area contributed by atoms with E-state index in [4.69, 9.17) is 5.73 Å². The first-order valence-corrected chi connectivity index (χ1v) is 13.5. The number of carbonyl (C=O) groups is 4. The van der Waals surface area contributed by atoms with Gasteiger partial charge >= 0.3 is 0 Å². The monoisotopic (exact) mass is 578 g/mol. The van der Waals surface area contributed by atoms with Gasteiger partial charge in [0.25, 0.3) is 5.91 Å². The summed E-state index contributed by atoms with van der Waals surface area (Å²) in [6, 6.07) is 6.07. The van der Waals surface area contributed by atoms with Crippen LogP contribution in [0, 0.1) is 17.7 Å². The Kier molecular flexibility index (Phi) is 7.06. The van der Waals surface area contributed by atoms with Crippen molar-refractivity contribution in [3.05, 3.63) is 69.7 Å². The van der Waals surface area contributed by atoms with E-state index in [-0.39, 0.29) is 48.4 Å². The largest absolute Gasteiger partial charge is 0.508 e. The Morgan fingerprint density at radius 3 is 2.33 bits per heavy atom. The molecule has 3 aliphatic rings. The highest BCUT2D eigenvalue weighted by Gasteiger charge is 2.64. The maximum atomic E-state index is 14.1. The summed E-state index contributed by atoms with van der Waals surface area (Å²) in [6.07, 6.45) is 0.236. The Balaban J connectivity index is 1.76. The Labute approximate surface area is 240 Å². The number of halogens is 1. The van der Waals surface area contributed by atoms with Crippen LogP contribution in [0.2, 0.25) is 0 Å². The van der Waals surface area contributed by atoms with Crippen molar-refractivity contribution in [2.45, 2.75) is 44.2 Å². The number of benzene rings is 2. The molecule has 0 radical (unpaired) electrons. The van der Waals surface area contributed by atoms with Crippen molar-refractivity contribution in [1.29, 1.82) is 0 Å². The van der Waals surface area contributed by atoms with Crippen LogP contribution in [0.1, 0.15) is 36.5 Å². The molecule has 3 aliphatic carbocycles. The van der Waals surface area contributed by atoms with Gasteiger partial charge in [-0.15, -0.1) is 0 Å². The molecule has 1 saturated carbocycles. The minimum Gasteiger partial charge on any atom is -0.508 e. The summed E-state index contributed by atoms with van der Waals surface area (Å²) in [4.78, 5) is 52.7. The summed E-state index contributed by atoms with van der Waals surface area (Å²) in [7, 11) is 3.06. The smallest absolute Gasteiger partial charge is 0.255 e. The van der Waals surface area contributed by atoms with Gasteiger partial charge in [0.2, 0.25) is 5.78 Å². The molecule has 0 bridgehead atoms. The number of aromatic hydroxyl groups is 1. The molecule has 1 amide bonds. The van der Waals surface area contributed by atoms with E-state index in [0.29, 0.717) is 22.3 Å². The lowest BCUT2D eigenvalue weighted by Crippen LogP contribution is -2.65. The van der Waals surface area contributed by atoms with E-state index in [2.05, 4.69) is 0 Å². The number of primary amides is 1. The van der Waals surface area contributed by atoms with E-state index >= 15 is 0 Å². The summed E-state index contributed by atoms with van der Waals surface area (Å²) in [5, 5.41) is 45.7. The molecule has 6 N–H and O–H groups in total. The number of phenols is 1. The Bertz CT molecular complexity index is 1620. The van der Waals surface area contributed by atoms with Crippen molar-refractivity contribution in [1.82, 2.24) is 4.90 Å². The van der Waals surface area contributed by atoms with Gasteiger partial charge in [-0.2, -0.15) is 0 Å². The molecule has 0 saturated heterocycles. The Morgan fingerprint density at radius 2 is 1.76 bits per heavy atom. The fraction of sp³-hybridized carbons (Fsp3) is 0.355. The fourth-order valence-electron chi connectivity index (χ4n) is 6.76. The topological polar surface area (TPSA) is 178 Å². The number of aliphatic hydroxyl groups excluding tert-OH is 2. The number of rotatable bonds is 6. The lowest BCUT2D eigenvalue weighted by atomic mass is 9.57. The molecule has 0 aromatic heterocycles. The second kappa shape index (κ2) is 10.2. The van der Waals surface area contributed by atoms with Crippen LogP contribution in [-0.4, -0.2) is 74.3 Å². The summed E-state index contributed by atoms with van der Waals surface area (Å²) in [6.45, 7) is 1.40. The van der Waals surface area contributed by atoms with Gasteiger partial charge in [0.1, 0.15) is 34.4 Å². The van der Waals surface area contributed by atoms with E-state index in [1.54, 1.807) is 6.07 Å². The molecule has 5 rings (SSSR count). The molecular weight excluding hydrogens is 547 g/mol. The highest BCUT2D eigenvalue weighted by Crippen LogP contribution is 2.54. The summed E-state index contributed by atoms with van der Waals surface area (Å²) >= 11 is 0. The molecule has 0 heterocycles. The lowest BCUT2D eigenvalue weighted by Gasteiger charge is -2.50. The third-order valence-electron chi connectivity index (χ3n) is 8.70. The van der Waals surface area contributed by atoms with E-state index in [0.717, 1.165) is 0 Å². The van der Waals surface area contributed by atoms with Crippen LogP contribution < -0.4 is 5.73 Å². The standard InChI is InChI=1S/C31H31FN2O8/c1-13(35)4-5-15-10-18(14-6-8-17(32)9-7-14)19-11-16-12-20-24(34(2)3)27(38)23(30(33)41)29(40)31(20,42)28(39)21(16)26(37)22(19)25(15)36/h6-10,16,20,24,36-37,40,42H,4-5,11-12H2,1-3H3,(H2,33,41). The summed E-state index contributed by atoms with van der Waals surface area (Å²) < 4.78 is 13.8. The van der Waals surface area contributed by atoms with Crippen LogP contribution in [0.3, 0.4) is 0 Å². The van der Waals surface area contributed by atoms with Crippen molar-refractivity contribution in [3.8, 4) is 16.9 Å². The van der Waals surface area contributed by atoms with Crippen molar-refractivity contribution in [3.63, 3.8) is 0 Å². The zero-order chi connectivity index (χ0) is 30.8. The molecular formula is C31H31FN2O8. The normalized spacial score (nSPS) is 25.3. The molecule has 0 aliphatic heterocycles. The minimum atomic E-state index is -2.74. The summed E-state index contributed by atoms with van der Waals surface area (Å²) in [5.41, 5.74) is 3.26. The molecule has 4 atom stereocenters. The predicted octanol–water partition coefficient (Wildman–Crippen LogP) is 2.29. The molecule has 220 valence electrons.